The van der Waals surface area contributed by atoms with Crippen molar-refractivity contribution in [3.63, 3.8) is 0 Å². The van der Waals surface area contributed by atoms with E-state index in [1.54, 1.807) is 13.3 Å². The second kappa shape index (κ2) is 9.73. The third-order valence-corrected chi connectivity index (χ3v) is 4.98. The van der Waals surface area contributed by atoms with Crippen LogP contribution < -0.4 is 20.3 Å². The zero-order valence-electron chi connectivity index (χ0n) is 16.1. The van der Waals surface area contributed by atoms with E-state index >= 15 is 0 Å². The van der Waals surface area contributed by atoms with E-state index in [2.05, 4.69) is 20.5 Å². The Labute approximate surface area is 165 Å². The predicted molar refractivity (Wildman–Crippen MR) is 107 cm³/mol. The van der Waals surface area contributed by atoms with Gasteiger partial charge in [-0.25, -0.2) is 4.98 Å². The van der Waals surface area contributed by atoms with Crippen LogP contribution in [0.15, 0.2) is 48.7 Å². The van der Waals surface area contributed by atoms with Gasteiger partial charge in [-0.3, -0.25) is 9.59 Å². The van der Waals surface area contributed by atoms with Gasteiger partial charge in [0.05, 0.1) is 7.11 Å². The van der Waals surface area contributed by atoms with Crippen LogP contribution in [0, 0.1) is 5.92 Å². The van der Waals surface area contributed by atoms with Gasteiger partial charge in [-0.2, -0.15) is 0 Å². The molecule has 3 rings (SSSR count). The average Bonchev–Trinajstić information content (AvgIpc) is 2.77. The molecule has 0 bridgehead atoms. The first-order chi connectivity index (χ1) is 13.7. The number of anilines is 1. The molecule has 0 atom stereocenters. The molecule has 0 saturated carbocycles. The number of rotatable bonds is 6. The van der Waals surface area contributed by atoms with Crippen molar-refractivity contribution in [2.45, 2.75) is 19.4 Å². The number of amides is 2. The first-order valence-electron chi connectivity index (χ1n) is 9.51. The Kier molecular flexibility index (Phi) is 6.84. The lowest BCUT2D eigenvalue weighted by atomic mass is 9.97. The lowest BCUT2D eigenvalue weighted by Crippen LogP contribution is -2.43. The van der Waals surface area contributed by atoms with Gasteiger partial charge >= 0.3 is 11.8 Å². The summed E-state index contributed by atoms with van der Waals surface area (Å²) < 4.78 is 5.25. The normalized spacial score (nSPS) is 14.4. The summed E-state index contributed by atoms with van der Waals surface area (Å²) >= 11 is 0. The third-order valence-electron chi connectivity index (χ3n) is 4.98. The molecule has 7 nitrogen and oxygen atoms in total. The molecule has 1 aromatic heterocycles. The maximum atomic E-state index is 12.1. The molecule has 148 valence electrons. The molecule has 1 aliphatic rings. The van der Waals surface area contributed by atoms with Crippen molar-refractivity contribution in [1.82, 2.24) is 15.6 Å². The number of nitrogens with one attached hydrogen (secondary N) is 2. The van der Waals surface area contributed by atoms with Crippen LogP contribution in [-0.2, 0) is 16.1 Å². The fraction of sp³-hybridized carbons (Fsp3) is 0.381. The van der Waals surface area contributed by atoms with Crippen LogP contribution >= 0.6 is 0 Å². The second-order valence-electron chi connectivity index (χ2n) is 6.82. The fourth-order valence-electron chi connectivity index (χ4n) is 3.33. The molecule has 0 unspecified atom stereocenters. The summed E-state index contributed by atoms with van der Waals surface area (Å²) in [7, 11) is 1.58. The molecule has 28 heavy (non-hydrogen) atoms. The molecule has 1 aromatic carbocycles. The van der Waals surface area contributed by atoms with Crippen molar-refractivity contribution in [3.05, 3.63) is 54.2 Å². The SMILES string of the molecule is COc1ccccc1CNC(=O)C(=O)NCC1CCN(c2ccccn2)CC1. The topological polar surface area (TPSA) is 83.6 Å². The monoisotopic (exact) mass is 382 g/mol. The van der Waals surface area contributed by atoms with E-state index in [9.17, 15) is 9.59 Å². The van der Waals surface area contributed by atoms with Crippen LogP contribution in [0.4, 0.5) is 5.82 Å². The number of pyridine rings is 1. The molecule has 1 aliphatic heterocycles. The Morgan fingerprint density at radius 2 is 1.79 bits per heavy atom. The Morgan fingerprint density at radius 1 is 1.07 bits per heavy atom. The highest BCUT2D eigenvalue weighted by molar-refractivity contribution is 6.35. The van der Waals surface area contributed by atoms with Crippen molar-refractivity contribution in [3.8, 4) is 5.75 Å². The second-order valence-corrected chi connectivity index (χ2v) is 6.82. The Balaban J connectivity index is 1.39. The highest BCUT2D eigenvalue weighted by Gasteiger charge is 2.22. The summed E-state index contributed by atoms with van der Waals surface area (Å²) in [6, 6.07) is 13.3. The van der Waals surface area contributed by atoms with Crippen molar-refractivity contribution < 1.29 is 14.3 Å². The number of ether oxygens (including phenoxy) is 1. The first kappa shape index (κ1) is 19.7. The molecule has 0 spiro atoms. The van der Waals surface area contributed by atoms with Crippen LogP contribution in [0.5, 0.6) is 5.75 Å². The molecular formula is C21H26N4O3. The van der Waals surface area contributed by atoms with E-state index in [1.807, 2.05) is 42.5 Å². The van der Waals surface area contributed by atoms with Gasteiger partial charge in [0.2, 0.25) is 0 Å². The van der Waals surface area contributed by atoms with E-state index in [-0.39, 0.29) is 6.54 Å². The largest absolute Gasteiger partial charge is 0.496 e. The van der Waals surface area contributed by atoms with Gasteiger partial charge < -0.3 is 20.3 Å². The number of hydrogen-bond acceptors (Lipinski definition) is 5. The van der Waals surface area contributed by atoms with Gasteiger partial charge in [0.25, 0.3) is 0 Å². The lowest BCUT2D eigenvalue weighted by molar-refractivity contribution is -0.139. The zero-order valence-corrected chi connectivity index (χ0v) is 16.1. The lowest BCUT2D eigenvalue weighted by Gasteiger charge is -2.32. The van der Waals surface area contributed by atoms with Crippen LogP contribution in [-0.4, -0.2) is 43.5 Å². The van der Waals surface area contributed by atoms with Crippen LogP contribution in [0.1, 0.15) is 18.4 Å². The predicted octanol–water partition coefficient (Wildman–Crippen LogP) is 1.74. The average molecular weight is 382 g/mol. The quantitative estimate of drug-likeness (QED) is 0.744. The first-order valence-corrected chi connectivity index (χ1v) is 9.51. The molecule has 0 radical (unpaired) electrons. The van der Waals surface area contributed by atoms with Crippen molar-refractivity contribution in [1.29, 1.82) is 0 Å². The molecule has 2 amide bonds. The summed E-state index contributed by atoms with van der Waals surface area (Å²) in [5.74, 6) is 0.813. The minimum atomic E-state index is -0.628. The van der Waals surface area contributed by atoms with Crippen molar-refractivity contribution in [2.75, 3.05) is 31.6 Å². The van der Waals surface area contributed by atoms with Crippen LogP contribution in [0.25, 0.3) is 0 Å². The minimum absolute atomic E-state index is 0.249. The number of nitrogens with zero attached hydrogens (tertiary/aromatic N) is 2. The fourth-order valence-corrected chi connectivity index (χ4v) is 3.33. The van der Waals surface area contributed by atoms with Crippen LogP contribution in [0.2, 0.25) is 0 Å². The number of hydrogen-bond donors (Lipinski definition) is 2. The third kappa shape index (κ3) is 5.22. The number of methoxy groups -OCH3 is 1. The van der Waals surface area contributed by atoms with E-state index in [0.29, 0.717) is 18.2 Å². The molecule has 1 saturated heterocycles. The Bertz CT molecular complexity index is 789. The van der Waals surface area contributed by atoms with E-state index in [4.69, 9.17) is 4.74 Å². The highest BCUT2D eigenvalue weighted by Crippen LogP contribution is 2.21. The van der Waals surface area contributed by atoms with Gasteiger partial charge in [-0.1, -0.05) is 24.3 Å². The summed E-state index contributed by atoms with van der Waals surface area (Å²) in [6.45, 7) is 2.56. The van der Waals surface area contributed by atoms with Gasteiger partial charge in [-0.15, -0.1) is 0 Å². The minimum Gasteiger partial charge on any atom is -0.496 e. The van der Waals surface area contributed by atoms with Gasteiger partial charge in [0, 0.05) is 37.9 Å². The van der Waals surface area contributed by atoms with Gasteiger partial charge in [0.15, 0.2) is 0 Å². The maximum absolute atomic E-state index is 12.1. The number of benzene rings is 1. The molecular weight excluding hydrogens is 356 g/mol. The molecule has 2 aromatic rings. The smallest absolute Gasteiger partial charge is 0.309 e. The van der Waals surface area contributed by atoms with E-state index in [0.717, 1.165) is 37.3 Å². The molecule has 0 aliphatic carbocycles. The molecule has 1 fully saturated rings. The van der Waals surface area contributed by atoms with Crippen molar-refractivity contribution in [2.24, 2.45) is 5.92 Å². The Hall–Kier alpha value is -3.09. The van der Waals surface area contributed by atoms with Crippen molar-refractivity contribution >= 4 is 17.6 Å². The summed E-state index contributed by atoms with van der Waals surface area (Å²) in [4.78, 5) is 30.7. The zero-order chi connectivity index (χ0) is 19.8. The molecule has 7 heteroatoms. The summed E-state index contributed by atoms with van der Waals surface area (Å²) in [5, 5.41) is 5.40. The standard InChI is InChI=1S/C21H26N4O3/c1-28-18-7-3-2-6-17(18)15-24-21(27)20(26)23-14-16-9-12-25(13-10-16)19-8-4-5-11-22-19/h2-8,11,16H,9-10,12-15H2,1H3,(H,23,26)(H,24,27). The maximum Gasteiger partial charge on any atom is 0.309 e. The van der Waals surface area contributed by atoms with E-state index in [1.165, 1.54) is 0 Å². The van der Waals surface area contributed by atoms with Crippen LogP contribution in [0.3, 0.4) is 0 Å². The number of carbonyl (C=O) groups excluding carboxylic acids is 2. The van der Waals surface area contributed by atoms with E-state index < -0.39 is 11.8 Å². The number of carbonyl (C=O) groups is 2. The molecule has 2 N–H and O–H groups in total. The number of para-hydroxylation sites is 1. The summed E-state index contributed by atoms with van der Waals surface area (Å²) in [5.41, 5.74) is 0.827. The van der Waals surface area contributed by atoms with Gasteiger partial charge in [-0.05, 0) is 37.0 Å². The number of piperidine rings is 1. The number of aromatic nitrogens is 1. The highest BCUT2D eigenvalue weighted by atomic mass is 16.5. The summed E-state index contributed by atoms with van der Waals surface area (Å²) in [6.07, 6.45) is 3.71. The molecule has 2 heterocycles. The van der Waals surface area contributed by atoms with Gasteiger partial charge in [0.1, 0.15) is 11.6 Å². The Morgan fingerprint density at radius 3 is 2.50 bits per heavy atom.